The van der Waals surface area contributed by atoms with Crippen LogP contribution in [0.15, 0.2) is 56.9 Å². The Kier molecular flexibility index (Phi) is 6.70. The van der Waals surface area contributed by atoms with Crippen LogP contribution in [-0.2, 0) is 12.2 Å². The molecule has 2 aromatic heterocycles. The lowest BCUT2D eigenvalue weighted by molar-refractivity contribution is 0.820. The van der Waals surface area contributed by atoms with Crippen LogP contribution in [0.1, 0.15) is 40.5 Å². The van der Waals surface area contributed by atoms with Gasteiger partial charge < -0.3 is 0 Å². The summed E-state index contributed by atoms with van der Waals surface area (Å²) in [5.74, 6) is 0.752. The Morgan fingerprint density at radius 2 is 1.81 bits per heavy atom. The second-order valence-electron chi connectivity index (χ2n) is 7.80. The minimum Gasteiger partial charge on any atom is -0.268 e. The van der Waals surface area contributed by atoms with E-state index in [-0.39, 0.29) is 5.56 Å². The van der Waals surface area contributed by atoms with Gasteiger partial charge in [-0.15, -0.1) is 11.3 Å². The van der Waals surface area contributed by atoms with E-state index < -0.39 is 0 Å². The smallest absolute Gasteiger partial charge is 0.267 e. The topological polar surface area (TPSA) is 34.9 Å². The van der Waals surface area contributed by atoms with E-state index in [0.29, 0.717) is 0 Å². The van der Waals surface area contributed by atoms with Gasteiger partial charge in [0.05, 0.1) is 11.1 Å². The van der Waals surface area contributed by atoms with E-state index in [4.69, 9.17) is 4.98 Å². The summed E-state index contributed by atoms with van der Waals surface area (Å²) >= 11 is 6.77. The van der Waals surface area contributed by atoms with Crippen LogP contribution in [0, 0.1) is 20.8 Å². The SMILES string of the molecule is CCCc1sc2nc(SCc3ccc(Br)cc3)n(-c3ccc(C)c(C)c3)c(=O)c2c1C. The molecule has 0 saturated heterocycles. The van der Waals surface area contributed by atoms with Gasteiger partial charge in [-0.3, -0.25) is 9.36 Å². The van der Waals surface area contributed by atoms with Gasteiger partial charge in [-0.2, -0.15) is 0 Å². The number of hydrogen-bond donors (Lipinski definition) is 0. The molecule has 3 nitrogen and oxygen atoms in total. The second kappa shape index (κ2) is 9.31. The zero-order valence-electron chi connectivity index (χ0n) is 18.2. The summed E-state index contributed by atoms with van der Waals surface area (Å²) in [7, 11) is 0. The van der Waals surface area contributed by atoms with Gasteiger partial charge in [-0.05, 0) is 73.7 Å². The van der Waals surface area contributed by atoms with Crippen LogP contribution in [0.5, 0.6) is 0 Å². The monoisotopic (exact) mass is 512 g/mol. The van der Waals surface area contributed by atoms with Crippen LogP contribution in [0.3, 0.4) is 0 Å². The third-order valence-electron chi connectivity index (χ3n) is 5.54. The van der Waals surface area contributed by atoms with Crippen molar-refractivity contribution in [2.24, 2.45) is 0 Å². The summed E-state index contributed by atoms with van der Waals surface area (Å²) in [6.07, 6.45) is 2.04. The van der Waals surface area contributed by atoms with E-state index in [2.05, 4.69) is 67.9 Å². The average molecular weight is 514 g/mol. The summed E-state index contributed by atoms with van der Waals surface area (Å²) in [4.78, 5) is 20.9. The zero-order chi connectivity index (χ0) is 22.1. The number of halogens is 1. The number of thiophene rings is 1. The lowest BCUT2D eigenvalue weighted by Crippen LogP contribution is -2.21. The average Bonchev–Trinajstić information content (AvgIpc) is 3.06. The Bertz CT molecular complexity index is 1310. The number of hydrogen-bond acceptors (Lipinski definition) is 4. The van der Waals surface area contributed by atoms with Crippen molar-refractivity contribution in [2.75, 3.05) is 0 Å². The molecule has 0 aliphatic carbocycles. The molecular weight excluding hydrogens is 488 g/mol. The number of aromatic nitrogens is 2. The number of fused-ring (bicyclic) bond motifs is 1. The standard InChI is InChI=1S/C25H25BrN2OS2/c1-5-6-21-17(4)22-23(31-21)27-25(30-14-18-8-10-19(26)11-9-18)28(24(22)29)20-12-7-15(2)16(3)13-20/h7-13H,5-6,14H2,1-4H3. The van der Waals surface area contributed by atoms with Crippen molar-refractivity contribution >= 4 is 49.2 Å². The minimum atomic E-state index is 0.0302. The highest BCUT2D eigenvalue weighted by atomic mass is 79.9. The van der Waals surface area contributed by atoms with Gasteiger partial charge in [-0.1, -0.05) is 59.2 Å². The lowest BCUT2D eigenvalue weighted by atomic mass is 10.1. The molecule has 2 aromatic carbocycles. The largest absolute Gasteiger partial charge is 0.268 e. The van der Waals surface area contributed by atoms with Crippen molar-refractivity contribution < 1.29 is 0 Å². The van der Waals surface area contributed by atoms with Gasteiger partial charge >= 0.3 is 0 Å². The van der Waals surface area contributed by atoms with Crippen molar-refractivity contribution in [3.8, 4) is 5.69 Å². The minimum absolute atomic E-state index is 0.0302. The van der Waals surface area contributed by atoms with E-state index in [0.717, 1.165) is 49.7 Å². The van der Waals surface area contributed by atoms with Crippen molar-refractivity contribution in [2.45, 2.75) is 51.4 Å². The third-order valence-corrected chi connectivity index (χ3v) is 8.32. The van der Waals surface area contributed by atoms with E-state index in [1.54, 1.807) is 27.7 Å². The Labute approximate surface area is 199 Å². The molecule has 0 radical (unpaired) electrons. The summed E-state index contributed by atoms with van der Waals surface area (Å²) in [6, 6.07) is 14.5. The highest BCUT2D eigenvalue weighted by Gasteiger charge is 2.19. The number of aryl methyl sites for hydroxylation is 4. The molecule has 4 rings (SSSR count). The van der Waals surface area contributed by atoms with Gasteiger partial charge in [0.2, 0.25) is 0 Å². The summed E-state index contributed by atoms with van der Waals surface area (Å²) < 4.78 is 2.86. The highest BCUT2D eigenvalue weighted by molar-refractivity contribution is 9.10. The molecule has 0 spiro atoms. The van der Waals surface area contributed by atoms with E-state index in [1.165, 1.54) is 21.6 Å². The first-order valence-electron chi connectivity index (χ1n) is 10.4. The van der Waals surface area contributed by atoms with Crippen LogP contribution in [0.2, 0.25) is 0 Å². The molecule has 0 bridgehead atoms. The van der Waals surface area contributed by atoms with Crippen LogP contribution in [-0.4, -0.2) is 9.55 Å². The first kappa shape index (κ1) is 22.3. The number of benzene rings is 2. The third kappa shape index (κ3) is 4.52. The molecule has 0 saturated carbocycles. The number of thioether (sulfide) groups is 1. The quantitative estimate of drug-likeness (QED) is 0.199. The molecule has 0 fully saturated rings. The van der Waals surface area contributed by atoms with Crippen molar-refractivity contribution in [3.63, 3.8) is 0 Å². The maximum absolute atomic E-state index is 13.8. The zero-order valence-corrected chi connectivity index (χ0v) is 21.4. The highest BCUT2D eigenvalue weighted by Crippen LogP contribution is 2.32. The molecule has 0 aliphatic rings. The molecule has 0 amide bonds. The van der Waals surface area contributed by atoms with E-state index in [9.17, 15) is 4.79 Å². The molecule has 2 heterocycles. The summed E-state index contributed by atoms with van der Waals surface area (Å²) in [5.41, 5.74) is 5.57. The normalized spacial score (nSPS) is 11.4. The van der Waals surface area contributed by atoms with Gasteiger partial charge in [0, 0.05) is 15.1 Å². The van der Waals surface area contributed by atoms with Crippen molar-refractivity contribution in [3.05, 3.63) is 84.4 Å². The molecule has 0 unspecified atom stereocenters. The molecule has 31 heavy (non-hydrogen) atoms. The van der Waals surface area contributed by atoms with Gasteiger partial charge in [-0.25, -0.2) is 4.98 Å². The number of rotatable bonds is 6. The molecule has 6 heteroatoms. The fraction of sp³-hybridized carbons (Fsp3) is 0.280. The first-order valence-corrected chi connectivity index (χ1v) is 13.0. The predicted octanol–water partition coefficient (Wildman–Crippen LogP) is 7.38. The van der Waals surface area contributed by atoms with Gasteiger partial charge in [0.25, 0.3) is 5.56 Å². The lowest BCUT2D eigenvalue weighted by Gasteiger charge is -2.14. The first-order chi connectivity index (χ1) is 14.9. The van der Waals surface area contributed by atoms with Crippen molar-refractivity contribution in [1.82, 2.24) is 9.55 Å². The summed E-state index contributed by atoms with van der Waals surface area (Å²) in [5, 5.41) is 1.51. The Hall–Kier alpha value is -1.89. The van der Waals surface area contributed by atoms with Crippen molar-refractivity contribution in [1.29, 1.82) is 0 Å². The maximum Gasteiger partial charge on any atom is 0.267 e. The van der Waals surface area contributed by atoms with E-state index in [1.807, 2.05) is 18.2 Å². The van der Waals surface area contributed by atoms with Crippen LogP contribution < -0.4 is 5.56 Å². The molecular formula is C25H25BrN2OS2. The summed E-state index contributed by atoms with van der Waals surface area (Å²) in [6.45, 7) is 8.41. The molecule has 0 atom stereocenters. The van der Waals surface area contributed by atoms with Crippen LogP contribution in [0.25, 0.3) is 15.9 Å². The van der Waals surface area contributed by atoms with Gasteiger partial charge in [0.1, 0.15) is 4.83 Å². The van der Waals surface area contributed by atoms with Gasteiger partial charge in [0.15, 0.2) is 5.16 Å². The Morgan fingerprint density at radius 3 is 2.48 bits per heavy atom. The second-order valence-corrected chi connectivity index (χ2v) is 10.7. The fourth-order valence-corrected chi connectivity index (χ4v) is 6.15. The number of nitrogens with zero attached hydrogens (tertiary/aromatic N) is 2. The predicted molar refractivity (Wildman–Crippen MR) is 137 cm³/mol. The maximum atomic E-state index is 13.8. The molecule has 0 aliphatic heterocycles. The molecule has 160 valence electrons. The van der Waals surface area contributed by atoms with Crippen LogP contribution >= 0.6 is 39.0 Å². The fourth-order valence-electron chi connectivity index (χ4n) is 3.59. The Balaban J connectivity index is 1.87. The Morgan fingerprint density at radius 1 is 1.06 bits per heavy atom. The van der Waals surface area contributed by atoms with Crippen LogP contribution in [0.4, 0.5) is 0 Å². The van der Waals surface area contributed by atoms with E-state index >= 15 is 0 Å². The molecule has 0 N–H and O–H groups in total. The molecule has 4 aromatic rings.